The monoisotopic (exact) mass is 776 g/mol. The van der Waals surface area contributed by atoms with Crippen molar-refractivity contribution < 1.29 is 58.4 Å². The van der Waals surface area contributed by atoms with Crippen LogP contribution in [-0.2, 0) is 38.0 Å². The third-order valence-electron chi connectivity index (χ3n) is 13.8. The molecule has 0 spiro atoms. The second-order valence-corrected chi connectivity index (χ2v) is 17.7. The first-order valence-corrected chi connectivity index (χ1v) is 21.1. The Morgan fingerprint density at radius 3 is 2.33 bits per heavy atom. The Balaban J connectivity index is 0.935. The van der Waals surface area contributed by atoms with Crippen LogP contribution >= 0.6 is 0 Å². The number of ketones is 2. The predicted octanol–water partition coefficient (Wildman–Crippen LogP) is 4.16. The zero-order chi connectivity index (χ0) is 39.6. The molecule has 4 N–H and O–H groups in total. The Labute approximate surface area is 327 Å². The van der Waals surface area contributed by atoms with Gasteiger partial charge in [0, 0.05) is 51.0 Å². The molecule has 0 aromatic carbocycles. The summed E-state index contributed by atoms with van der Waals surface area (Å²) in [4.78, 5) is 26.7. The van der Waals surface area contributed by atoms with Gasteiger partial charge in [-0.3, -0.25) is 9.59 Å². The van der Waals surface area contributed by atoms with E-state index < -0.39 is 42.7 Å². The van der Waals surface area contributed by atoms with E-state index in [1.165, 1.54) is 0 Å². The summed E-state index contributed by atoms with van der Waals surface area (Å²) in [5.74, 6) is 0.234. The van der Waals surface area contributed by atoms with Crippen LogP contribution in [0.15, 0.2) is 24.3 Å². The van der Waals surface area contributed by atoms with E-state index in [0.29, 0.717) is 50.9 Å². The largest absolute Gasteiger partial charge is 0.394 e. The maximum absolute atomic E-state index is 13.5. The first-order valence-electron chi connectivity index (χ1n) is 21.1. The van der Waals surface area contributed by atoms with Crippen molar-refractivity contribution in [3.05, 3.63) is 24.3 Å². The number of Topliss-reactive ketones (excluding diaryl/α,β-unsaturated/α-hetero) is 2. The minimum Gasteiger partial charge on any atom is -0.394 e. The Bertz CT molecular complexity index is 1320. The number of hydrogen-bond acceptors (Lipinski definition) is 12. The Hall–Kier alpha value is -1.58. The van der Waals surface area contributed by atoms with Gasteiger partial charge in [0.05, 0.1) is 73.8 Å². The van der Waals surface area contributed by atoms with E-state index in [0.717, 1.165) is 43.3 Å². The van der Waals surface area contributed by atoms with Crippen molar-refractivity contribution in [3.8, 4) is 0 Å². The summed E-state index contributed by atoms with van der Waals surface area (Å²) in [6.45, 7) is 14.3. The van der Waals surface area contributed by atoms with Crippen LogP contribution < -0.4 is 0 Å². The lowest BCUT2D eigenvalue weighted by Crippen LogP contribution is -2.56. The molecule has 6 fully saturated rings. The van der Waals surface area contributed by atoms with E-state index in [9.17, 15) is 30.0 Å². The summed E-state index contributed by atoms with van der Waals surface area (Å²) in [7, 11) is 1.59. The minimum atomic E-state index is -1.02. The van der Waals surface area contributed by atoms with Crippen LogP contribution in [0.4, 0.5) is 0 Å². The highest BCUT2D eigenvalue weighted by atomic mass is 16.6. The normalized spacial score (nSPS) is 43.7. The summed E-state index contributed by atoms with van der Waals surface area (Å²) in [6.07, 6.45) is 2.02. The van der Waals surface area contributed by atoms with Gasteiger partial charge in [-0.15, -0.1) is 0 Å². The summed E-state index contributed by atoms with van der Waals surface area (Å²) >= 11 is 0. The minimum absolute atomic E-state index is 0.0192. The lowest BCUT2D eigenvalue weighted by molar-refractivity contribution is -0.208. The van der Waals surface area contributed by atoms with Crippen molar-refractivity contribution >= 4 is 11.6 Å². The van der Waals surface area contributed by atoms with Crippen molar-refractivity contribution in [2.24, 2.45) is 23.7 Å². The molecule has 12 heteroatoms. The topological polar surface area (TPSA) is 170 Å². The van der Waals surface area contributed by atoms with Crippen molar-refractivity contribution in [2.45, 2.75) is 196 Å². The number of methoxy groups -OCH3 is 1. The zero-order valence-electron chi connectivity index (χ0n) is 33.5. The lowest BCUT2D eigenvalue weighted by atomic mass is 9.71. The van der Waals surface area contributed by atoms with Crippen LogP contribution in [0.1, 0.15) is 111 Å². The molecule has 6 aliphatic rings. The second-order valence-electron chi connectivity index (χ2n) is 17.7. The highest BCUT2D eigenvalue weighted by molar-refractivity contribution is 5.79. The maximum Gasteiger partial charge on any atom is 0.135 e. The van der Waals surface area contributed by atoms with Crippen molar-refractivity contribution in [2.75, 3.05) is 13.7 Å². The summed E-state index contributed by atoms with van der Waals surface area (Å²) in [5, 5.41) is 42.1. The smallest absolute Gasteiger partial charge is 0.135 e. The second kappa shape index (κ2) is 19.0. The molecule has 5 aliphatic heterocycles. The maximum atomic E-state index is 13.5. The van der Waals surface area contributed by atoms with Crippen LogP contribution in [0.25, 0.3) is 0 Å². The molecule has 0 radical (unpaired) electrons. The van der Waals surface area contributed by atoms with Crippen molar-refractivity contribution in [1.29, 1.82) is 0 Å². The SMILES string of the molecule is C=C1C[C@H](CCC(=O)C[C@H]2O[C@H]3[C@@H](O)[C@H]4C[C@@H](CC(=O)C[C@@H]5[C@@H](OC)[C@@H](C[C@H](O)CO)O[C@H]5CC)CC[C@@H]4O[C@H]3[C@H]2O)O[C@H]1CC[C@H]1C[C@@H](C)C(=C)[C@@H](C)O1. The molecule has 0 aromatic heterocycles. The van der Waals surface area contributed by atoms with Gasteiger partial charge in [-0.1, -0.05) is 27.0 Å². The van der Waals surface area contributed by atoms with E-state index in [1.807, 2.05) is 6.92 Å². The molecule has 0 unspecified atom stereocenters. The van der Waals surface area contributed by atoms with E-state index in [1.54, 1.807) is 7.11 Å². The summed E-state index contributed by atoms with van der Waals surface area (Å²) in [5.41, 5.74) is 2.22. The van der Waals surface area contributed by atoms with Gasteiger partial charge >= 0.3 is 0 Å². The fourth-order valence-electron chi connectivity index (χ4n) is 10.7. The first-order chi connectivity index (χ1) is 26.3. The summed E-state index contributed by atoms with van der Waals surface area (Å²) in [6, 6.07) is 0. The number of aliphatic hydroxyl groups is 4. The van der Waals surface area contributed by atoms with Crippen LogP contribution in [0, 0.1) is 23.7 Å². The average Bonchev–Trinajstić information content (AvgIpc) is 3.79. The van der Waals surface area contributed by atoms with Crippen molar-refractivity contribution in [3.63, 3.8) is 0 Å². The number of hydrogen-bond donors (Lipinski definition) is 4. The fraction of sp³-hybridized carbons (Fsp3) is 0.860. The van der Waals surface area contributed by atoms with Gasteiger partial charge in [0.15, 0.2) is 0 Å². The summed E-state index contributed by atoms with van der Waals surface area (Å²) < 4.78 is 37.0. The Morgan fingerprint density at radius 1 is 0.855 bits per heavy atom. The highest BCUT2D eigenvalue weighted by Gasteiger charge is 2.56. The Kier molecular flexibility index (Phi) is 14.9. The zero-order valence-corrected chi connectivity index (χ0v) is 33.5. The first kappa shape index (κ1) is 43.0. The Morgan fingerprint density at radius 2 is 1.62 bits per heavy atom. The lowest BCUT2D eigenvalue weighted by Gasteiger charge is -2.46. The molecule has 1 aliphatic carbocycles. The number of ether oxygens (including phenoxy) is 6. The molecular weight excluding hydrogens is 708 g/mol. The number of fused-ring (bicyclic) bond motifs is 2. The molecule has 312 valence electrons. The molecular formula is C43H68O12. The van der Waals surface area contributed by atoms with Gasteiger partial charge in [0.2, 0.25) is 0 Å². The molecule has 5 saturated heterocycles. The van der Waals surface area contributed by atoms with Gasteiger partial charge in [-0.05, 0) is 87.7 Å². The number of aliphatic hydroxyl groups excluding tert-OH is 4. The van der Waals surface area contributed by atoms with E-state index >= 15 is 0 Å². The third-order valence-corrected chi connectivity index (χ3v) is 13.8. The van der Waals surface area contributed by atoms with Crippen LogP contribution in [0.3, 0.4) is 0 Å². The van der Waals surface area contributed by atoms with E-state index in [4.69, 9.17) is 28.4 Å². The molecule has 0 amide bonds. The standard InChI is InChI=1S/C43H68O12/c1-7-34-33(41(50-6)38(53-34)20-29(47)21-44)18-28(46)16-26-8-12-36-32(17-26)39(48)42-43(54-36)40(49)37(55-42)19-27(45)9-10-31-15-23(3)35(52-31)13-11-30-14-22(2)24(4)25(5)51-30/h22,25-26,29-44,47-49H,3-4,7-21H2,1-2,5-6H3/t22-,25-,26-,29+,30+,31+,32+,33+,34+,35+,36+,37-,38-,39+,40+,41-,42+,43+/m1/s1. The van der Waals surface area contributed by atoms with Gasteiger partial charge in [-0.25, -0.2) is 0 Å². The van der Waals surface area contributed by atoms with Crippen LogP contribution in [-0.4, -0.2) is 131 Å². The molecule has 5 heterocycles. The van der Waals surface area contributed by atoms with Crippen LogP contribution in [0.5, 0.6) is 0 Å². The quantitative estimate of drug-likeness (QED) is 0.156. The third kappa shape index (κ3) is 10.0. The van der Waals surface area contributed by atoms with Gasteiger partial charge in [-0.2, -0.15) is 0 Å². The molecule has 0 aromatic rings. The molecule has 55 heavy (non-hydrogen) atoms. The van der Waals surface area contributed by atoms with Crippen molar-refractivity contribution in [1.82, 2.24) is 0 Å². The van der Waals surface area contributed by atoms with Gasteiger partial charge in [0.25, 0.3) is 0 Å². The molecule has 0 bridgehead atoms. The van der Waals surface area contributed by atoms with E-state index in [2.05, 4.69) is 27.0 Å². The molecule has 18 atom stereocenters. The number of carbonyl (C=O) groups excluding carboxylic acids is 2. The molecule has 6 rings (SSSR count). The predicted molar refractivity (Wildman–Crippen MR) is 203 cm³/mol. The van der Waals surface area contributed by atoms with Crippen LogP contribution in [0.2, 0.25) is 0 Å². The fourth-order valence-corrected chi connectivity index (χ4v) is 10.7. The molecule has 12 nitrogen and oxygen atoms in total. The van der Waals surface area contributed by atoms with E-state index in [-0.39, 0.29) is 91.5 Å². The number of carbonyl (C=O) groups is 2. The average molecular weight is 777 g/mol. The number of rotatable bonds is 17. The highest BCUT2D eigenvalue weighted by Crippen LogP contribution is 2.45. The van der Waals surface area contributed by atoms with Gasteiger partial charge in [0.1, 0.15) is 29.9 Å². The molecule has 1 saturated carbocycles. The van der Waals surface area contributed by atoms with Gasteiger partial charge < -0.3 is 48.8 Å².